The summed E-state index contributed by atoms with van der Waals surface area (Å²) in [7, 11) is 0. The minimum atomic E-state index is 0.432. The SMILES string of the molecule is Nc1c(NCc2ncc(-c3ccccc3)[nH]2)ncnc1-n1cccn1. The van der Waals surface area contributed by atoms with Crippen LogP contribution in [0.4, 0.5) is 11.5 Å². The highest BCUT2D eigenvalue weighted by Gasteiger charge is 2.10. The van der Waals surface area contributed by atoms with Crippen LogP contribution in [-0.2, 0) is 6.54 Å². The Balaban J connectivity index is 1.51. The topological polar surface area (TPSA) is 110 Å². The van der Waals surface area contributed by atoms with Crippen LogP contribution >= 0.6 is 0 Å². The third-order valence-corrected chi connectivity index (χ3v) is 3.72. The third-order valence-electron chi connectivity index (χ3n) is 3.72. The summed E-state index contributed by atoms with van der Waals surface area (Å²) in [6.45, 7) is 0.465. The first-order valence-corrected chi connectivity index (χ1v) is 7.75. The van der Waals surface area contributed by atoms with Crippen molar-refractivity contribution >= 4 is 11.5 Å². The van der Waals surface area contributed by atoms with Crippen molar-refractivity contribution in [2.24, 2.45) is 0 Å². The van der Waals surface area contributed by atoms with Crippen LogP contribution in [0.15, 0.2) is 61.3 Å². The van der Waals surface area contributed by atoms with Crippen LogP contribution in [0, 0.1) is 0 Å². The fourth-order valence-electron chi connectivity index (χ4n) is 2.49. The van der Waals surface area contributed by atoms with Gasteiger partial charge < -0.3 is 16.0 Å². The third kappa shape index (κ3) is 3.05. The van der Waals surface area contributed by atoms with Crippen LogP contribution in [0.1, 0.15) is 5.82 Å². The number of aromatic amines is 1. The zero-order valence-electron chi connectivity index (χ0n) is 13.3. The molecule has 4 rings (SSSR count). The molecule has 0 saturated carbocycles. The van der Waals surface area contributed by atoms with Gasteiger partial charge in [0.2, 0.25) is 0 Å². The van der Waals surface area contributed by atoms with E-state index >= 15 is 0 Å². The van der Waals surface area contributed by atoms with E-state index in [2.05, 4.69) is 30.4 Å². The Morgan fingerprint density at radius 2 is 1.96 bits per heavy atom. The largest absolute Gasteiger partial charge is 0.393 e. The minimum absolute atomic E-state index is 0.432. The number of rotatable bonds is 5. The van der Waals surface area contributed by atoms with E-state index in [-0.39, 0.29) is 0 Å². The molecule has 25 heavy (non-hydrogen) atoms. The lowest BCUT2D eigenvalue weighted by molar-refractivity contribution is 0.842. The predicted octanol–water partition coefficient (Wildman–Crippen LogP) is 2.25. The molecule has 0 amide bonds. The molecule has 0 aliphatic carbocycles. The van der Waals surface area contributed by atoms with Crippen LogP contribution < -0.4 is 11.1 Å². The molecule has 8 nitrogen and oxygen atoms in total. The molecular weight excluding hydrogens is 316 g/mol. The molecule has 0 aliphatic heterocycles. The van der Waals surface area contributed by atoms with Gasteiger partial charge in [-0.05, 0) is 11.6 Å². The molecule has 0 atom stereocenters. The van der Waals surface area contributed by atoms with E-state index in [9.17, 15) is 0 Å². The number of nitrogens with zero attached hydrogens (tertiary/aromatic N) is 5. The highest BCUT2D eigenvalue weighted by molar-refractivity contribution is 5.68. The summed E-state index contributed by atoms with van der Waals surface area (Å²) < 4.78 is 1.60. The van der Waals surface area contributed by atoms with E-state index in [0.29, 0.717) is 23.9 Å². The van der Waals surface area contributed by atoms with Gasteiger partial charge in [0.25, 0.3) is 0 Å². The number of nitrogen functional groups attached to an aromatic ring is 1. The molecule has 4 N–H and O–H groups in total. The van der Waals surface area contributed by atoms with Gasteiger partial charge in [0.1, 0.15) is 17.8 Å². The Bertz CT molecular complexity index is 960. The van der Waals surface area contributed by atoms with E-state index in [1.807, 2.05) is 42.6 Å². The second kappa shape index (κ2) is 6.44. The maximum atomic E-state index is 6.16. The first-order chi connectivity index (χ1) is 12.3. The van der Waals surface area contributed by atoms with Crippen molar-refractivity contribution in [3.8, 4) is 17.1 Å². The van der Waals surface area contributed by atoms with E-state index in [4.69, 9.17) is 5.73 Å². The van der Waals surface area contributed by atoms with Crippen molar-refractivity contribution in [2.75, 3.05) is 11.1 Å². The first kappa shape index (κ1) is 14.9. The summed E-state index contributed by atoms with van der Waals surface area (Å²) >= 11 is 0. The van der Waals surface area contributed by atoms with Crippen molar-refractivity contribution < 1.29 is 0 Å². The van der Waals surface area contributed by atoms with Crippen molar-refractivity contribution in [3.63, 3.8) is 0 Å². The summed E-state index contributed by atoms with van der Waals surface area (Å²) in [5.74, 6) is 1.86. The molecule has 0 saturated heterocycles. The van der Waals surface area contributed by atoms with Crippen LogP contribution in [0.5, 0.6) is 0 Å². The lowest BCUT2D eigenvalue weighted by Gasteiger charge is -2.10. The fourth-order valence-corrected chi connectivity index (χ4v) is 2.49. The fraction of sp³-hybridized carbons (Fsp3) is 0.0588. The number of aromatic nitrogens is 6. The Labute approximate surface area is 143 Å². The van der Waals surface area contributed by atoms with Crippen LogP contribution in [0.2, 0.25) is 0 Å². The highest BCUT2D eigenvalue weighted by Crippen LogP contribution is 2.21. The molecule has 3 aromatic heterocycles. The number of benzene rings is 1. The number of H-pyrrole nitrogens is 1. The second-order valence-corrected chi connectivity index (χ2v) is 5.37. The first-order valence-electron chi connectivity index (χ1n) is 7.75. The van der Waals surface area contributed by atoms with Crippen molar-refractivity contribution in [1.82, 2.24) is 29.7 Å². The summed E-state index contributed by atoms with van der Waals surface area (Å²) in [6, 6.07) is 11.8. The normalized spacial score (nSPS) is 10.7. The van der Waals surface area contributed by atoms with Crippen molar-refractivity contribution in [1.29, 1.82) is 0 Å². The molecule has 124 valence electrons. The lowest BCUT2D eigenvalue weighted by Crippen LogP contribution is -2.10. The number of nitrogens with two attached hydrogens (primary N) is 1. The Morgan fingerprint density at radius 1 is 1.08 bits per heavy atom. The molecule has 3 heterocycles. The summed E-state index contributed by atoms with van der Waals surface area (Å²) in [6.07, 6.45) is 6.71. The highest BCUT2D eigenvalue weighted by atomic mass is 15.3. The second-order valence-electron chi connectivity index (χ2n) is 5.37. The molecule has 8 heteroatoms. The number of hydrogen-bond acceptors (Lipinski definition) is 6. The van der Waals surface area contributed by atoms with Gasteiger partial charge in [-0.2, -0.15) is 5.10 Å². The van der Waals surface area contributed by atoms with E-state index in [0.717, 1.165) is 17.1 Å². The smallest absolute Gasteiger partial charge is 0.181 e. The van der Waals surface area contributed by atoms with Crippen LogP contribution in [-0.4, -0.2) is 29.7 Å². The maximum Gasteiger partial charge on any atom is 0.181 e. The monoisotopic (exact) mass is 332 g/mol. The minimum Gasteiger partial charge on any atom is -0.393 e. The average Bonchev–Trinajstić information content (AvgIpc) is 3.34. The van der Waals surface area contributed by atoms with Gasteiger partial charge in [-0.25, -0.2) is 19.6 Å². The molecule has 0 bridgehead atoms. The standard InChI is InChI=1S/C17H16N8/c18-15-16(21-11-22-17(15)25-8-4-7-23-25)20-10-14-19-9-13(24-14)12-5-2-1-3-6-12/h1-9,11H,10,18H2,(H,19,24)(H,20,21,22). The summed E-state index contributed by atoms with van der Waals surface area (Å²) in [4.78, 5) is 16.1. The number of anilines is 2. The molecular formula is C17H16N8. The van der Waals surface area contributed by atoms with Gasteiger partial charge in [-0.15, -0.1) is 0 Å². The quantitative estimate of drug-likeness (QED) is 0.517. The van der Waals surface area contributed by atoms with Gasteiger partial charge in [-0.3, -0.25) is 0 Å². The van der Waals surface area contributed by atoms with Crippen molar-refractivity contribution in [3.05, 3.63) is 67.1 Å². The van der Waals surface area contributed by atoms with E-state index in [1.165, 1.54) is 6.33 Å². The zero-order valence-corrected chi connectivity index (χ0v) is 13.3. The number of hydrogen-bond donors (Lipinski definition) is 3. The van der Waals surface area contributed by atoms with Crippen molar-refractivity contribution in [2.45, 2.75) is 6.54 Å². The number of nitrogens with one attached hydrogen (secondary N) is 2. The van der Waals surface area contributed by atoms with Gasteiger partial charge in [0.05, 0.1) is 18.4 Å². The zero-order chi connectivity index (χ0) is 17.1. The average molecular weight is 332 g/mol. The molecule has 0 spiro atoms. The molecule has 0 unspecified atom stereocenters. The van der Waals surface area contributed by atoms with E-state index in [1.54, 1.807) is 17.1 Å². The van der Waals surface area contributed by atoms with Crippen LogP contribution in [0.25, 0.3) is 17.1 Å². The maximum absolute atomic E-state index is 6.16. The van der Waals surface area contributed by atoms with E-state index < -0.39 is 0 Å². The Kier molecular flexibility index (Phi) is 3.83. The Morgan fingerprint density at radius 3 is 2.76 bits per heavy atom. The lowest BCUT2D eigenvalue weighted by atomic mass is 10.2. The van der Waals surface area contributed by atoms with Gasteiger partial charge in [0.15, 0.2) is 11.6 Å². The van der Waals surface area contributed by atoms with Gasteiger partial charge >= 0.3 is 0 Å². The molecule has 1 aromatic carbocycles. The number of imidazole rings is 1. The molecule has 4 aromatic rings. The molecule has 0 fully saturated rings. The molecule has 0 radical (unpaired) electrons. The van der Waals surface area contributed by atoms with Crippen LogP contribution in [0.3, 0.4) is 0 Å². The van der Waals surface area contributed by atoms with Gasteiger partial charge in [0, 0.05) is 12.4 Å². The summed E-state index contributed by atoms with van der Waals surface area (Å²) in [5.41, 5.74) is 8.64. The Hall–Kier alpha value is -3.68. The van der Waals surface area contributed by atoms with Gasteiger partial charge in [-0.1, -0.05) is 30.3 Å². The summed E-state index contributed by atoms with van der Waals surface area (Å²) in [5, 5.41) is 7.33. The molecule has 0 aliphatic rings. The predicted molar refractivity (Wildman–Crippen MR) is 94.9 cm³/mol.